The molecule has 1 saturated heterocycles. The average molecular weight is 371 g/mol. The van der Waals surface area contributed by atoms with E-state index in [9.17, 15) is 4.79 Å². The largest absolute Gasteiger partial charge is 0.494 e. The van der Waals surface area contributed by atoms with Crippen molar-refractivity contribution in [3.8, 4) is 11.4 Å². The van der Waals surface area contributed by atoms with Crippen molar-refractivity contribution >= 4 is 23.1 Å². The van der Waals surface area contributed by atoms with Crippen molar-refractivity contribution in [1.29, 1.82) is 0 Å². The van der Waals surface area contributed by atoms with Gasteiger partial charge in [-0.2, -0.15) is 0 Å². The second-order valence-electron chi connectivity index (χ2n) is 5.79. The normalized spacial score (nSPS) is 16.7. The van der Waals surface area contributed by atoms with Crippen molar-refractivity contribution < 1.29 is 9.53 Å². The van der Waals surface area contributed by atoms with Crippen LogP contribution in [0.3, 0.4) is 0 Å². The van der Waals surface area contributed by atoms with E-state index in [0.29, 0.717) is 18.0 Å². The molecule has 0 bridgehead atoms. The Labute approximate surface area is 153 Å². The van der Waals surface area contributed by atoms with Crippen molar-refractivity contribution in [2.45, 2.75) is 18.9 Å². The Kier molecular flexibility index (Phi) is 4.48. The topological polar surface area (TPSA) is 98.1 Å². The number of amides is 2. The summed E-state index contributed by atoms with van der Waals surface area (Å²) in [5, 5.41) is 16.9. The number of benzene rings is 1. The van der Waals surface area contributed by atoms with Crippen LogP contribution in [0.25, 0.3) is 5.69 Å². The number of carbonyl (C=O) groups excluding carboxylic acids is 1. The fraction of sp³-hybridized carbons (Fsp3) is 0.312. The lowest BCUT2D eigenvalue weighted by Crippen LogP contribution is -2.34. The van der Waals surface area contributed by atoms with E-state index < -0.39 is 0 Å². The fourth-order valence-corrected chi connectivity index (χ4v) is 3.84. The molecule has 3 aromatic rings. The smallest absolute Gasteiger partial charge is 0.322 e. The summed E-state index contributed by atoms with van der Waals surface area (Å²) in [6, 6.07) is 5.24. The van der Waals surface area contributed by atoms with E-state index in [4.69, 9.17) is 4.74 Å². The van der Waals surface area contributed by atoms with Crippen LogP contribution in [0.1, 0.15) is 23.9 Å². The van der Waals surface area contributed by atoms with Crippen LogP contribution in [-0.2, 0) is 0 Å². The maximum absolute atomic E-state index is 12.8. The second kappa shape index (κ2) is 7.08. The number of hydrogen-bond donors (Lipinski definition) is 1. The van der Waals surface area contributed by atoms with E-state index in [2.05, 4.69) is 25.8 Å². The standard InChI is InChI=1S/C16H17N7O2S/c1-25-14-9-11(23-10-18-20-21-23)4-5-12(14)19-16(24)22-7-2-3-13(22)15-17-6-8-26-15/h4-6,8-10,13H,2-3,7H2,1H3,(H,19,24)/t13-/m1/s1. The molecule has 134 valence electrons. The number of carbonyl (C=O) groups is 1. The fourth-order valence-electron chi connectivity index (χ4n) is 3.06. The van der Waals surface area contributed by atoms with Crippen LogP contribution in [0.5, 0.6) is 5.75 Å². The minimum atomic E-state index is -0.156. The number of aromatic nitrogens is 5. The number of methoxy groups -OCH3 is 1. The molecule has 1 N–H and O–H groups in total. The van der Waals surface area contributed by atoms with Crippen molar-refractivity contribution in [3.63, 3.8) is 0 Å². The highest BCUT2D eigenvalue weighted by molar-refractivity contribution is 7.09. The van der Waals surface area contributed by atoms with Gasteiger partial charge in [0.15, 0.2) is 0 Å². The minimum Gasteiger partial charge on any atom is -0.494 e. The van der Waals surface area contributed by atoms with Crippen molar-refractivity contribution in [2.75, 3.05) is 19.0 Å². The van der Waals surface area contributed by atoms with E-state index >= 15 is 0 Å². The van der Waals surface area contributed by atoms with Gasteiger partial charge in [0, 0.05) is 24.2 Å². The number of likely N-dealkylation sites (tertiary alicyclic amines) is 1. The molecule has 1 fully saturated rings. The van der Waals surface area contributed by atoms with E-state index in [1.807, 2.05) is 16.3 Å². The maximum atomic E-state index is 12.8. The average Bonchev–Trinajstić information content (AvgIpc) is 3.43. The molecule has 0 saturated carbocycles. The Morgan fingerprint density at radius 1 is 1.42 bits per heavy atom. The third kappa shape index (κ3) is 3.10. The van der Waals surface area contributed by atoms with Gasteiger partial charge in [0.1, 0.15) is 17.1 Å². The first-order chi connectivity index (χ1) is 12.8. The number of anilines is 1. The zero-order chi connectivity index (χ0) is 17.9. The van der Waals surface area contributed by atoms with Gasteiger partial charge in [-0.15, -0.1) is 16.4 Å². The van der Waals surface area contributed by atoms with Gasteiger partial charge in [-0.25, -0.2) is 14.5 Å². The molecule has 9 nitrogen and oxygen atoms in total. The molecular formula is C16H17N7O2S. The van der Waals surface area contributed by atoms with Crippen LogP contribution in [0, 0.1) is 0 Å². The molecule has 3 heterocycles. The van der Waals surface area contributed by atoms with Crippen LogP contribution in [0.4, 0.5) is 10.5 Å². The Morgan fingerprint density at radius 2 is 2.35 bits per heavy atom. The molecule has 2 aromatic heterocycles. The summed E-state index contributed by atoms with van der Waals surface area (Å²) in [4.78, 5) is 19.0. The van der Waals surface area contributed by atoms with Gasteiger partial charge in [0.25, 0.3) is 0 Å². The van der Waals surface area contributed by atoms with Crippen LogP contribution < -0.4 is 10.1 Å². The Morgan fingerprint density at radius 3 is 3.08 bits per heavy atom. The van der Waals surface area contributed by atoms with Crippen LogP contribution in [0.15, 0.2) is 36.1 Å². The Bertz CT molecular complexity index is 882. The first-order valence-electron chi connectivity index (χ1n) is 8.14. The zero-order valence-electron chi connectivity index (χ0n) is 14.1. The van der Waals surface area contributed by atoms with E-state index in [-0.39, 0.29) is 12.1 Å². The number of tetrazole rings is 1. The third-order valence-electron chi connectivity index (χ3n) is 4.29. The number of thiazole rings is 1. The number of urea groups is 1. The number of ether oxygens (including phenoxy) is 1. The Hall–Kier alpha value is -3.01. The lowest BCUT2D eigenvalue weighted by atomic mass is 10.2. The molecule has 26 heavy (non-hydrogen) atoms. The maximum Gasteiger partial charge on any atom is 0.322 e. The zero-order valence-corrected chi connectivity index (χ0v) is 14.9. The molecule has 0 aliphatic carbocycles. The third-order valence-corrected chi connectivity index (χ3v) is 5.17. The number of nitrogens with zero attached hydrogens (tertiary/aromatic N) is 6. The summed E-state index contributed by atoms with van der Waals surface area (Å²) in [5.74, 6) is 0.538. The molecule has 10 heteroatoms. The molecule has 1 atom stereocenters. The predicted octanol–water partition coefficient (Wildman–Crippen LogP) is 2.50. The lowest BCUT2D eigenvalue weighted by Gasteiger charge is -2.24. The first kappa shape index (κ1) is 16.5. The predicted molar refractivity (Wildman–Crippen MR) is 95.5 cm³/mol. The van der Waals surface area contributed by atoms with E-state index in [1.165, 1.54) is 11.0 Å². The van der Waals surface area contributed by atoms with Crippen molar-refractivity contribution in [1.82, 2.24) is 30.1 Å². The second-order valence-corrected chi connectivity index (χ2v) is 6.72. The van der Waals surface area contributed by atoms with Gasteiger partial charge in [0.05, 0.1) is 24.5 Å². The molecular weight excluding hydrogens is 354 g/mol. The SMILES string of the molecule is COc1cc(-n2cnnn2)ccc1NC(=O)N1CCC[C@@H]1c1nccs1. The van der Waals surface area contributed by atoms with Gasteiger partial charge in [-0.1, -0.05) is 0 Å². The molecule has 4 rings (SSSR count). The van der Waals surface area contributed by atoms with Crippen LogP contribution in [0.2, 0.25) is 0 Å². The summed E-state index contributed by atoms with van der Waals surface area (Å²) in [6.07, 6.45) is 5.16. The molecule has 0 spiro atoms. The highest BCUT2D eigenvalue weighted by Crippen LogP contribution is 2.34. The number of hydrogen-bond acceptors (Lipinski definition) is 7. The number of rotatable bonds is 4. The van der Waals surface area contributed by atoms with Gasteiger partial charge in [-0.05, 0) is 35.4 Å². The summed E-state index contributed by atoms with van der Waals surface area (Å²) in [6.45, 7) is 0.709. The number of nitrogens with one attached hydrogen (secondary N) is 1. The molecule has 2 amide bonds. The quantitative estimate of drug-likeness (QED) is 0.757. The Balaban J connectivity index is 1.54. The van der Waals surface area contributed by atoms with E-state index in [1.54, 1.807) is 36.8 Å². The molecule has 0 unspecified atom stereocenters. The van der Waals surface area contributed by atoms with Crippen LogP contribution in [-0.4, -0.2) is 49.8 Å². The first-order valence-corrected chi connectivity index (χ1v) is 9.02. The molecule has 1 aliphatic heterocycles. The summed E-state index contributed by atoms with van der Waals surface area (Å²) < 4.78 is 6.94. The molecule has 1 aromatic carbocycles. The van der Waals surface area contributed by atoms with Crippen molar-refractivity contribution in [2.24, 2.45) is 0 Å². The van der Waals surface area contributed by atoms with Gasteiger partial charge in [-0.3, -0.25) is 0 Å². The van der Waals surface area contributed by atoms with Gasteiger partial charge < -0.3 is 15.0 Å². The monoisotopic (exact) mass is 371 g/mol. The van der Waals surface area contributed by atoms with Crippen molar-refractivity contribution in [3.05, 3.63) is 41.1 Å². The molecule has 1 aliphatic rings. The van der Waals surface area contributed by atoms with Gasteiger partial charge >= 0.3 is 6.03 Å². The summed E-state index contributed by atoms with van der Waals surface area (Å²) >= 11 is 1.58. The summed E-state index contributed by atoms with van der Waals surface area (Å²) in [5.41, 5.74) is 1.34. The summed E-state index contributed by atoms with van der Waals surface area (Å²) in [7, 11) is 1.56. The van der Waals surface area contributed by atoms with Gasteiger partial charge in [0.2, 0.25) is 0 Å². The lowest BCUT2D eigenvalue weighted by molar-refractivity contribution is 0.207. The van der Waals surface area contributed by atoms with E-state index in [0.717, 1.165) is 23.5 Å². The minimum absolute atomic E-state index is 0.0292. The van der Waals surface area contributed by atoms with Crippen LogP contribution >= 0.6 is 11.3 Å². The highest BCUT2D eigenvalue weighted by atomic mass is 32.1. The highest BCUT2D eigenvalue weighted by Gasteiger charge is 2.32. The molecule has 0 radical (unpaired) electrons.